The number of aryl methyl sites for hydroxylation is 1. The van der Waals surface area contributed by atoms with Gasteiger partial charge in [0, 0.05) is 43.8 Å². The molecule has 0 saturated carbocycles. The lowest BCUT2D eigenvalue weighted by molar-refractivity contribution is -0.111. The molecule has 1 N–H and O–H groups in total. The predicted molar refractivity (Wildman–Crippen MR) is 101 cm³/mol. The van der Waals surface area contributed by atoms with Gasteiger partial charge >= 0.3 is 6.01 Å². The number of amides is 1. The van der Waals surface area contributed by atoms with E-state index in [0.717, 1.165) is 16.7 Å². The molecule has 0 atom stereocenters. The predicted octanol–water partition coefficient (Wildman–Crippen LogP) is 3.16. The van der Waals surface area contributed by atoms with Gasteiger partial charge in [-0.3, -0.25) is 9.78 Å². The Bertz CT molecular complexity index is 929. The van der Waals surface area contributed by atoms with Crippen molar-refractivity contribution in [3.8, 4) is 11.5 Å². The topological polar surface area (TPSA) is 84.2 Å². The zero-order chi connectivity index (χ0) is 18.5. The van der Waals surface area contributed by atoms with Crippen LogP contribution in [0.3, 0.4) is 0 Å². The zero-order valence-corrected chi connectivity index (χ0v) is 14.8. The number of hydrogen-bond acceptors (Lipinski definition) is 6. The molecule has 0 fully saturated rings. The van der Waals surface area contributed by atoms with E-state index in [0.29, 0.717) is 17.6 Å². The van der Waals surface area contributed by atoms with Crippen LogP contribution < -0.4 is 10.2 Å². The zero-order valence-electron chi connectivity index (χ0n) is 14.8. The fourth-order valence-corrected chi connectivity index (χ4v) is 2.23. The number of aromatic nitrogens is 3. The first-order valence-electron chi connectivity index (χ1n) is 8.03. The number of carbonyl (C=O) groups is 1. The quantitative estimate of drug-likeness (QED) is 0.712. The molecule has 0 bridgehead atoms. The number of benzene rings is 1. The summed E-state index contributed by atoms with van der Waals surface area (Å²) in [6, 6.07) is 9.60. The van der Waals surface area contributed by atoms with Crippen molar-refractivity contribution in [1.29, 1.82) is 0 Å². The van der Waals surface area contributed by atoms with Crippen molar-refractivity contribution in [2.24, 2.45) is 0 Å². The average Bonchev–Trinajstić information content (AvgIpc) is 3.11. The van der Waals surface area contributed by atoms with Gasteiger partial charge in [0.15, 0.2) is 0 Å². The van der Waals surface area contributed by atoms with E-state index in [9.17, 15) is 4.79 Å². The van der Waals surface area contributed by atoms with Crippen molar-refractivity contribution in [1.82, 2.24) is 15.2 Å². The first kappa shape index (κ1) is 17.3. The molecule has 3 rings (SSSR count). The van der Waals surface area contributed by atoms with Crippen molar-refractivity contribution in [3.05, 3.63) is 59.9 Å². The maximum Gasteiger partial charge on any atom is 0.317 e. The minimum absolute atomic E-state index is 0.216. The Morgan fingerprint density at radius 2 is 1.92 bits per heavy atom. The van der Waals surface area contributed by atoms with E-state index >= 15 is 0 Å². The van der Waals surface area contributed by atoms with Gasteiger partial charge in [-0.25, -0.2) is 0 Å². The molecule has 0 aliphatic rings. The Labute approximate surface area is 151 Å². The third-order valence-corrected chi connectivity index (χ3v) is 3.52. The van der Waals surface area contributed by atoms with Crippen molar-refractivity contribution >= 4 is 23.7 Å². The highest BCUT2D eigenvalue weighted by molar-refractivity contribution is 6.02. The molecule has 0 unspecified atom stereocenters. The van der Waals surface area contributed by atoms with Crippen LogP contribution in [0.15, 0.2) is 53.2 Å². The van der Waals surface area contributed by atoms with Gasteiger partial charge in [-0.1, -0.05) is 5.10 Å². The second-order valence-electron chi connectivity index (χ2n) is 5.98. The molecule has 1 aromatic carbocycles. The molecule has 0 aliphatic heterocycles. The Hall–Kier alpha value is -3.48. The minimum atomic E-state index is -0.216. The van der Waals surface area contributed by atoms with Gasteiger partial charge in [0.05, 0.1) is 0 Å². The Kier molecular flexibility index (Phi) is 5.07. The summed E-state index contributed by atoms with van der Waals surface area (Å²) in [5, 5.41) is 10.8. The van der Waals surface area contributed by atoms with Crippen LogP contribution in [0.5, 0.6) is 0 Å². The highest BCUT2D eigenvalue weighted by Crippen LogP contribution is 2.22. The Morgan fingerprint density at radius 3 is 2.58 bits per heavy atom. The number of carbonyl (C=O) groups excluding carboxylic acids is 1. The molecule has 26 heavy (non-hydrogen) atoms. The number of hydrogen-bond donors (Lipinski definition) is 1. The van der Waals surface area contributed by atoms with E-state index < -0.39 is 0 Å². The molecular weight excluding hydrogens is 330 g/mol. The fourth-order valence-electron chi connectivity index (χ4n) is 2.23. The van der Waals surface area contributed by atoms with Crippen molar-refractivity contribution in [2.75, 3.05) is 24.3 Å². The van der Waals surface area contributed by atoms with Crippen LogP contribution in [0, 0.1) is 6.92 Å². The molecule has 7 heteroatoms. The van der Waals surface area contributed by atoms with E-state index in [1.807, 2.05) is 39.2 Å². The van der Waals surface area contributed by atoms with Crippen LogP contribution >= 0.6 is 0 Å². The van der Waals surface area contributed by atoms with Crippen molar-refractivity contribution < 1.29 is 9.21 Å². The van der Waals surface area contributed by atoms with E-state index in [2.05, 4.69) is 20.5 Å². The van der Waals surface area contributed by atoms with Crippen molar-refractivity contribution in [3.63, 3.8) is 0 Å². The summed E-state index contributed by atoms with van der Waals surface area (Å²) in [4.78, 5) is 17.9. The summed E-state index contributed by atoms with van der Waals surface area (Å²) in [5.41, 5.74) is 3.38. The summed E-state index contributed by atoms with van der Waals surface area (Å²) >= 11 is 0. The first-order chi connectivity index (χ1) is 12.5. The molecule has 132 valence electrons. The molecule has 0 radical (unpaired) electrons. The Morgan fingerprint density at radius 1 is 1.15 bits per heavy atom. The van der Waals surface area contributed by atoms with Crippen LogP contribution in [0.25, 0.3) is 17.5 Å². The van der Waals surface area contributed by atoms with Crippen LogP contribution in [-0.4, -0.2) is 35.2 Å². The largest absolute Gasteiger partial charge is 0.403 e. The van der Waals surface area contributed by atoms with Crippen LogP contribution in [-0.2, 0) is 4.79 Å². The van der Waals surface area contributed by atoms with Crippen LogP contribution in [0.1, 0.15) is 11.1 Å². The monoisotopic (exact) mass is 349 g/mol. The molecule has 2 heterocycles. The van der Waals surface area contributed by atoms with Gasteiger partial charge < -0.3 is 14.6 Å². The van der Waals surface area contributed by atoms with E-state index in [1.165, 1.54) is 6.08 Å². The fraction of sp³-hybridized carbons (Fsp3) is 0.158. The van der Waals surface area contributed by atoms with Crippen LogP contribution in [0.2, 0.25) is 0 Å². The highest BCUT2D eigenvalue weighted by Gasteiger charge is 2.09. The average molecular weight is 349 g/mol. The van der Waals surface area contributed by atoms with Gasteiger partial charge in [0.2, 0.25) is 11.8 Å². The maximum absolute atomic E-state index is 12.0. The SMILES string of the molecule is Cc1cncc(/C=C/C(=O)Nc2ccc(-c3nnc(N(C)C)o3)cc2)c1. The van der Waals surface area contributed by atoms with Gasteiger partial charge in [-0.05, 0) is 54.5 Å². The number of rotatable bonds is 5. The van der Waals surface area contributed by atoms with E-state index in [-0.39, 0.29) is 5.91 Å². The summed E-state index contributed by atoms with van der Waals surface area (Å²) in [6.07, 6.45) is 6.68. The molecule has 0 aliphatic carbocycles. The van der Waals surface area contributed by atoms with E-state index in [4.69, 9.17) is 4.42 Å². The molecule has 7 nitrogen and oxygen atoms in total. The van der Waals surface area contributed by atoms with Crippen molar-refractivity contribution in [2.45, 2.75) is 6.92 Å². The summed E-state index contributed by atoms with van der Waals surface area (Å²) in [5.74, 6) is 0.213. The van der Waals surface area contributed by atoms with Gasteiger partial charge in [-0.15, -0.1) is 5.10 Å². The normalized spacial score (nSPS) is 10.9. The standard InChI is InChI=1S/C19H19N5O2/c1-13-10-14(12-20-11-13)4-9-17(25)21-16-7-5-15(6-8-16)18-22-23-19(26-18)24(2)3/h4-12H,1-3H3,(H,21,25)/b9-4+. The molecule has 0 saturated heterocycles. The minimum Gasteiger partial charge on any atom is -0.403 e. The number of pyridine rings is 1. The lowest BCUT2D eigenvalue weighted by Gasteiger charge is -2.04. The molecule has 3 aromatic rings. The maximum atomic E-state index is 12.0. The summed E-state index contributed by atoms with van der Waals surface area (Å²) in [6.45, 7) is 1.96. The highest BCUT2D eigenvalue weighted by atomic mass is 16.4. The van der Waals surface area contributed by atoms with Crippen LogP contribution in [0.4, 0.5) is 11.7 Å². The van der Waals surface area contributed by atoms with Gasteiger partial charge in [0.25, 0.3) is 0 Å². The second kappa shape index (κ2) is 7.60. The smallest absolute Gasteiger partial charge is 0.317 e. The molecule has 0 spiro atoms. The molecular formula is C19H19N5O2. The number of anilines is 2. The number of nitrogens with zero attached hydrogens (tertiary/aromatic N) is 4. The summed E-state index contributed by atoms with van der Waals surface area (Å²) < 4.78 is 5.55. The molecule has 2 aromatic heterocycles. The number of nitrogens with one attached hydrogen (secondary N) is 1. The molecule has 1 amide bonds. The van der Waals surface area contributed by atoms with Gasteiger partial charge in [-0.2, -0.15) is 0 Å². The van der Waals surface area contributed by atoms with Gasteiger partial charge in [0.1, 0.15) is 0 Å². The third-order valence-electron chi connectivity index (χ3n) is 3.52. The first-order valence-corrected chi connectivity index (χ1v) is 8.03. The lowest BCUT2D eigenvalue weighted by atomic mass is 10.2. The Balaban J connectivity index is 1.64. The van der Waals surface area contributed by atoms with E-state index in [1.54, 1.807) is 35.5 Å². The summed E-state index contributed by atoms with van der Waals surface area (Å²) in [7, 11) is 3.66. The lowest BCUT2D eigenvalue weighted by Crippen LogP contribution is -2.08. The third kappa shape index (κ3) is 4.32. The second-order valence-corrected chi connectivity index (χ2v) is 5.98.